The zero-order chi connectivity index (χ0) is 18.4. The maximum atomic E-state index is 13.4. The first-order valence-electron chi connectivity index (χ1n) is 9.74. The lowest BCUT2D eigenvalue weighted by atomic mass is 10.1. The highest BCUT2D eigenvalue weighted by Gasteiger charge is 2.51. The number of aromatic nitrogens is 2. The molecule has 0 aliphatic carbocycles. The average Bonchev–Trinajstić information content (AvgIpc) is 3.36. The van der Waals surface area contributed by atoms with Gasteiger partial charge >= 0.3 is 0 Å². The Kier molecular flexibility index (Phi) is 4.50. The lowest BCUT2D eigenvalue weighted by Gasteiger charge is -2.30. The third-order valence-corrected chi connectivity index (χ3v) is 5.97. The fraction of sp³-hybridized carbons (Fsp3) is 0.737. The number of carbonyl (C=O) groups is 2. The Bertz CT molecular complexity index is 708. The SMILES string of the molecule is CC(C)c1cc(C(=O)N2[C@H](C(=O)N3CCCC3)C[C@@H]3OCC[C@@H]32)n(C)n1. The van der Waals surface area contributed by atoms with Gasteiger partial charge in [0.2, 0.25) is 5.91 Å². The third-order valence-electron chi connectivity index (χ3n) is 5.97. The summed E-state index contributed by atoms with van der Waals surface area (Å²) in [5.41, 5.74) is 1.46. The van der Waals surface area contributed by atoms with E-state index in [1.165, 1.54) is 0 Å². The minimum atomic E-state index is -0.409. The number of hydrogen-bond donors (Lipinski definition) is 0. The summed E-state index contributed by atoms with van der Waals surface area (Å²) in [5, 5.41) is 4.48. The fourth-order valence-electron chi connectivity index (χ4n) is 4.51. The molecule has 0 radical (unpaired) electrons. The van der Waals surface area contributed by atoms with Crippen molar-refractivity contribution in [2.24, 2.45) is 7.05 Å². The maximum Gasteiger partial charge on any atom is 0.273 e. The standard InChI is InChI=1S/C19H28N4O3/c1-12(2)13-10-15(21(3)20-13)19(25)23-14-6-9-26-17(14)11-16(23)18(24)22-7-4-5-8-22/h10,12,14,16-17H,4-9,11H2,1-3H3/t14-,16-,17-/m0/s1. The predicted molar refractivity (Wildman–Crippen MR) is 95.8 cm³/mol. The molecule has 3 fully saturated rings. The van der Waals surface area contributed by atoms with Crippen molar-refractivity contribution in [1.82, 2.24) is 19.6 Å². The molecule has 4 rings (SSSR count). The van der Waals surface area contributed by atoms with E-state index < -0.39 is 6.04 Å². The molecule has 4 heterocycles. The summed E-state index contributed by atoms with van der Waals surface area (Å²) in [6.07, 6.45) is 3.49. The van der Waals surface area contributed by atoms with E-state index in [1.54, 1.807) is 16.6 Å². The van der Waals surface area contributed by atoms with E-state index in [0.29, 0.717) is 18.7 Å². The molecule has 2 amide bonds. The van der Waals surface area contributed by atoms with Gasteiger partial charge in [-0.25, -0.2) is 0 Å². The number of aryl methyl sites for hydroxylation is 1. The van der Waals surface area contributed by atoms with E-state index in [1.807, 2.05) is 11.0 Å². The van der Waals surface area contributed by atoms with E-state index in [0.717, 1.165) is 38.0 Å². The van der Waals surface area contributed by atoms with E-state index in [-0.39, 0.29) is 29.9 Å². The average molecular weight is 360 g/mol. The molecule has 1 aromatic rings. The van der Waals surface area contributed by atoms with Crippen molar-refractivity contribution in [3.8, 4) is 0 Å². The Morgan fingerprint density at radius 1 is 1.27 bits per heavy atom. The van der Waals surface area contributed by atoms with Crippen LogP contribution in [0.25, 0.3) is 0 Å². The highest BCUT2D eigenvalue weighted by Crippen LogP contribution is 2.36. The Labute approximate surface area is 154 Å². The van der Waals surface area contributed by atoms with Gasteiger partial charge in [0.05, 0.1) is 17.8 Å². The van der Waals surface area contributed by atoms with Crippen molar-refractivity contribution in [1.29, 1.82) is 0 Å². The molecule has 3 saturated heterocycles. The molecule has 3 aliphatic heterocycles. The summed E-state index contributed by atoms with van der Waals surface area (Å²) in [4.78, 5) is 30.2. The summed E-state index contributed by atoms with van der Waals surface area (Å²) in [6, 6.07) is 1.46. The molecule has 142 valence electrons. The van der Waals surface area contributed by atoms with Gasteiger partial charge in [-0.15, -0.1) is 0 Å². The van der Waals surface area contributed by atoms with Gasteiger partial charge in [-0.1, -0.05) is 13.8 Å². The number of fused-ring (bicyclic) bond motifs is 1. The summed E-state index contributed by atoms with van der Waals surface area (Å²) in [6.45, 7) is 6.39. The quantitative estimate of drug-likeness (QED) is 0.820. The van der Waals surface area contributed by atoms with E-state index in [2.05, 4.69) is 18.9 Å². The van der Waals surface area contributed by atoms with Crippen molar-refractivity contribution < 1.29 is 14.3 Å². The van der Waals surface area contributed by atoms with Gasteiger partial charge < -0.3 is 14.5 Å². The molecule has 0 aromatic carbocycles. The number of amides is 2. The van der Waals surface area contributed by atoms with E-state index >= 15 is 0 Å². The summed E-state index contributed by atoms with van der Waals surface area (Å²) in [5.74, 6) is 0.244. The minimum absolute atomic E-state index is 0.00328. The molecular formula is C19H28N4O3. The number of nitrogens with zero attached hydrogens (tertiary/aromatic N) is 4. The fourth-order valence-corrected chi connectivity index (χ4v) is 4.51. The van der Waals surface area contributed by atoms with Crippen molar-refractivity contribution in [2.45, 2.75) is 63.6 Å². The van der Waals surface area contributed by atoms with E-state index in [4.69, 9.17) is 4.74 Å². The zero-order valence-corrected chi connectivity index (χ0v) is 15.9. The molecule has 0 bridgehead atoms. The Hall–Kier alpha value is -1.89. The summed E-state index contributed by atoms with van der Waals surface area (Å²) in [7, 11) is 1.80. The first kappa shape index (κ1) is 17.5. The van der Waals surface area contributed by atoms with Crippen LogP contribution in [0.5, 0.6) is 0 Å². The molecule has 7 nitrogen and oxygen atoms in total. The van der Waals surface area contributed by atoms with Crippen LogP contribution in [0.1, 0.15) is 61.6 Å². The van der Waals surface area contributed by atoms with Crippen molar-refractivity contribution in [2.75, 3.05) is 19.7 Å². The first-order valence-corrected chi connectivity index (χ1v) is 9.74. The molecule has 0 N–H and O–H groups in total. The summed E-state index contributed by atoms with van der Waals surface area (Å²) >= 11 is 0. The molecule has 0 spiro atoms. The first-order chi connectivity index (χ1) is 12.5. The van der Waals surface area contributed by atoms with Crippen LogP contribution in [0.4, 0.5) is 0 Å². The third kappa shape index (κ3) is 2.82. The molecule has 3 atom stereocenters. The van der Waals surface area contributed by atoms with E-state index in [9.17, 15) is 9.59 Å². The molecule has 0 unspecified atom stereocenters. The monoisotopic (exact) mass is 360 g/mol. The second-order valence-electron chi connectivity index (χ2n) is 7.99. The predicted octanol–water partition coefficient (Wildman–Crippen LogP) is 1.54. The van der Waals surface area contributed by atoms with Crippen LogP contribution < -0.4 is 0 Å². The Balaban J connectivity index is 1.64. The normalized spacial score (nSPS) is 28.2. The van der Waals surface area contributed by atoms with Gasteiger partial charge in [-0.05, 0) is 31.2 Å². The van der Waals surface area contributed by atoms with Gasteiger partial charge in [-0.2, -0.15) is 5.10 Å². The molecule has 1 aromatic heterocycles. The van der Waals surface area contributed by atoms with Crippen LogP contribution in [0.15, 0.2) is 6.07 Å². The second kappa shape index (κ2) is 6.68. The largest absolute Gasteiger partial charge is 0.376 e. The van der Waals surface area contributed by atoms with Crippen LogP contribution in [0, 0.1) is 0 Å². The smallest absolute Gasteiger partial charge is 0.273 e. The van der Waals surface area contributed by atoms with Gasteiger partial charge in [0.15, 0.2) is 0 Å². The summed E-state index contributed by atoms with van der Waals surface area (Å²) < 4.78 is 7.47. The number of carbonyl (C=O) groups excluding carboxylic acids is 2. The second-order valence-corrected chi connectivity index (χ2v) is 7.99. The molecule has 0 saturated carbocycles. The lowest BCUT2D eigenvalue weighted by molar-refractivity contribution is -0.134. The molecule has 7 heteroatoms. The van der Waals surface area contributed by atoms with Crippen LogP contribution in [0.2, 0.25) is 0 Å². The van der Waals surface area contributed by atoms with Crippen LogP contribution >= 0.6 is 0 Å². The highest BCUT2D eigenvalue weighted by molar-refractivity contribution is 5.97. The van der Waals surface area contributed by atoms with Gasteiger partial charge in [0, 0.05) is 33.2 Å². The minimum Gasteiger partial charge on any atom is -0.376 e. The Morgan fingerprint density at radius 3 is 2.65 bits per heavy atom. The van der Waals surface area contributed by atoms with Crippen LogP contribution in [0.3, 0.4) is 0 Å². The van der Waals surface area contributed by atoms with Gasteiger partial charge in [-0.3, -0.25) is 14.3 Å². The highest BCUT2D eigenvalue weighted by atomic mass is 16.5. The number of ether oxygens (including phenoxy) is 1. The lowest BCUT2D eigenvalue weighted by Crippen LogP contribution is -2.50. The van der Waals surface area contributed by atoms with Gasteiger partial charge in [0.1, 0.15) is 11.7 Å². The number of likely N-dealkylation sites (tertiary alicyclic amines) is 2. The Morgan fingerprint density at radius 2 is 2.00 bits per heavy atom. The van der Waals surface area contributed by atoms with Crippen LogP contribution in [-0.2, 0) is 16.6 Å². The van der Waals surface area contributed by atoms with Crippen molar-refractivity contribution in [3.05, 3.63) is 17.5 Å². The zero-order valence-electron chi connectivity index (χ0n) is 15.9. The molecule has 3 aliphatic rings. The molecule has 26 heavy (non-hydrogen) atoms. The maximum absolute atomic E-state index is 13.4. The number of rotatable bonds is 3. The van der Waals surface area contributed by atoms with Gasteiger partial charge in [0.25, 0.3) is 5.91 Å². The topological polar surface area (TPSA) is 67.7 Å². The van der Waals surface area contributed by atoms with Crippen molar-refractivity contribution >= 4 is 11.8 Å². The molecular weight excluding hydrogens is 332 g/mol. The number of hydrogen-bond acceptors (Lipinski definition) is 4. The van der Waals surface area contributed by atoms with Crippen LogP contribution in [-0.4, -0.2) is 69.3 Å². The van der Waals surface area contributed by atoms with Crippen molar-refractivity contribution in [3.63, 3.8) is 0 Å².